The van der Waals surface area contributed by atoms with E-state index >= 15 is 0 Å². The van der Waals surface area contributed by atoms with E-state index in [-0.39, 0.29) is 0 Å². The van der Waals surface area contributed by atoms with Crippen LogP contribution in [0.4, 0.5) is 5.82 Å². The van der Waals surface area contributed by atoms with E-state index in [1.165, 1.54) is 0 Å². The molecule has 5 nitrogen and oxygen atoms in total. The van der Waals surface area contributed by atoms with Crippen LogP contribution in [0.25, 0.3) is 5.65 Å². The first kappa shape index (κ1) is 12.5. The second kappa shape index (κ2) is 5.59. The fourth-order valence-corrected chi connectivity index (χ4v) is 2.45. The highest BCUT2D eigenvalue weighted by molar-refractivity contribution is 9.10. The molecule has 2 aromatic heterocycles. The highest BCUT2D eigenvalue weighted by Gasteiger charge is 2.05. The summed E-state index contributed by atoms with van der Waals surface area (Å²) in [5.74, 6) is 1.44. The molecular formula is C10H13BrN4OS. The molecule has 0 saturated heterocycles. The largest absolute Gasteiger partial charge is 0.367 e. The number of nitrogens with one attached hydrogen (secondary N) is 1. The van der Waals surface area contributed by atoms with Gasteiger partial charge in [-0.3, -0.25) is 4.21 Å². The molecule has 1 unspecified atom stereocenters. The summed E-state index contributed by atoms with van der Waals surface area (Å²) in [4.78, 5) is 8.57. The van der Waals surface area contributed by atoms with Crippen molar-refractivity contribution in [3.05, 3.63) is 23.2 Å². The number of hydrogen-bond donors (Lipinski definition) is 1. The van der Waals surface area contributed by atoms with E-state index in [0.717, 1.165) is 29.0 Å². The Morgan fingerprint density at radius 1 is 1.59 bits per heavy atom. The number of anilines is 1. The first-order valence-corrected chi connectivity index (χ1v) is 7.72. The van der Waals surface area contributed by atoms with Crippen molar-refractivity contribution in [2.24, 2.45) is 0 Å². The minimum absolute atomic E-state index is 0.700. The molecule has 92 valence electrons. The average Bonchev–Trinajstić information content (AvgIpc) is 2.71. The third-order valence-corrected chi connectivity index (χ3v) is 3.49. The molecule has 17 heavy (non-hydrogen) atoms. The van der Waals surface area contributed by atoms with E-state index in [4.69, 9.17) is 0 Å². The second-order valence-electron chi connectivity index (χ2n) is 3.63. The molecule has 0 aliphatic rings. The second-order valence-corrected chi connectivity index (χ2v) is 6.00. The zero-order chi connectivity index (χ0) is 12.3. The van der Waals surface area contributed by atoms with Crippen LogP contribution in [-0.4, -0.2) is 37.1 Å². The standard InChI is InChI=1S/C10H13BrN4OS/c1-17(16)6-2-3-12-9-10-13-4-5-15(10)7-8(11)14-9/h4-5,7H,2-3,6H2,1H3,(H,12,14). The van der Waals surface area contributed by atoms with Crippen molar-refractivity contribution >= 4 is 38.2 Å². The molecule has 0 amide bonds. The number of rotatable bonds is 5. The van der Waals surface area contributed by atoms with E-state index in [9.17, 15) is 4.21 Å². The molecule has 1 atom stereocenters. The summed E-state index contributed by atoms with van der Waals surface area (Å²) in [6.07, 6.45) is 8.02. The maximum Gasteiger partial charge on any atom is 0.180 e. The smallest absolute Gasteiger partial charge is 0.180 e. The van der Waals surface area contributed by atoms with Crippen LogP contribution in [0, 0.1) is 0 Å². The van der Waals surface area contributed by atoms with Crippen molar-refractivity contribution in [2.75, 3.05) is 23.9 Å². The van der Waals surface area contributed by atoms with Gasteiger partial charge in [-0.1, -0.05) is 0 Å². The first-order chi connectivity index (χ1) is 8.16. The van der Waals surface area contributed by atoms with Crippen LogP contribution in [0.2, 0.25) is 0 Å². The molecule has 0 radical (unpaired) electrons. The van der Waals surface area contributed by atoms with Gasteiger partial charge in [0.05, 0.1) is 0 Å². The molecule has 2 aromatic rings. The summed E-state index contributed by atoms with van der Waals surface area (Å²) in [7, 11) is -0.738. The Kier molecular flexibility index (Phi) is 4.11. The van der Waals surface area contributed by atoms with E-state index in [1.54, 1.807) is 12.5 Å². The van der Waals surface area contributed by atoms with Crippen LogP contribution in [0.5, 0.6) is 0 Å². The molecule has 0 spiro atoms. The average molecular weight is 317 g/mol. The lowest BCUT2D eigenvalue weighted by Crippen LogP contribution is -2.08. The summed E-state index contributed by atoms with van der Waals surface area (Å²) in [5.41, 5.74) is 0.797. The fraction of sp³-hybridized carbons (Fsp3) is 0.400. The number of nitrogens with zero attached hydrogens (tertiary/aromatic N) is 3. The molecule has 2 heterocycles. The highest BCUT2D eigenvalue weighted by Crippen LogP contribution is 2.16. The zero-order valence-electron chi connectivity index (χ0n) is 9.39. The van der Waals surface area contributed by atoms with Crippen LogP contribution >= 0.6 is 15.9 Å². The minimum Gasteiger partial charge on any atom is -0.367 e. The van der Waals surface area contributed by atoms with Crippen molar-refractivity contribution in [3.63, 3.8) is 0 Å². The van der Waals surface area contributed by atoms with E-state index < -0.39 is 10.8 Å². The number of halogens is 1. The predicted molar refractivity (Wildman–Crippen MR) is 72.7 cm³/mol. The Bertz CT molecular complexity index is 542. The number of aromatic nitrogens is 3. The Morgan fingerprint density at radius 3 is 3.18 bits per heavy atom. The van der Waals surface area contributed by atoms with Crippen LogP contribution in [0.15, 0.2) is 23.2 Å². The van der Waals surface area contributed by atoms with Gasteiger partial charge in [-0.05, 0) is 22.4 Å². The minimum atomic E-state index is -0.738. The molecule has 0 aromatic carbocycles. The van der Waals surface area contributed by atoms with Crippen molar-refractivity contribution < 1.29 is 4.21 Å². The number of hydrogen-bond acceptors (Lipinski definition) is 4. The lowest BCUT2D eigenvalue weighted by atomic mass is 10.4. The van der Waals surface area contributed by atoms with Gasteiger partial charge in [-0.2, -0.15) is 0 Å². The van der Waals surface area contributed by atoms with E-state index in [0.29, 0.717) is 5.75 Å². The van der Waals surface area contributed by atoms with Gasteiger partial charge in [0, 0.05) is 47.9 Å². The molecule has 0 aliphatic carbocycles. The van der Waals surface area contributed by atoms with E-state index in [2.05, 4.69) is 31.2 Å². The van der Waals surface area contributed by atoms with Crippen molar-refractivity contribution in [1.82, 2.24) is 14.4 Å². The van der Waals surface area contributed by atoms with Gasteiger partial charge in [0.15, 0.2) is 11.5 Å². The van der Waals surface area contributed by atoms with Gasteiger partial charge in [0.1, 0.15) is 4.60 Å². The predicted octanol–water partition coefficient (Wildman–Crippen LogP) is 1.67. The van der Waals surface area contributed by atoms with E-state index in [1.807, 2.05) is 16.8 Å². The van der Waals surface area contributed by atoms with Crippen LogP contribution in [0.3, 0.4) is 0 Å². The molecule has 0 fully saturated rings. The van der Waals surface area contributed by atoms with Gasteiger partial charge in [-0.15, -0.1) is 0 Å². The normalized spacial score (nSPS) is 12.8. The Hall–Kier alpha value is -0.950. The topological polar surface area (TPSA) is 59.3 Å². The summed E-state index contributed by atoms with van der Waals surface area (Å²) >= 11 is 3.35. The third-order valence-electron chi connectivity index (χ3n) is 2.25. The summed E-state index contributed by atoms with van der Waals surface area (Å²) in [5, 5.41) is 3.21. The lowest BCUT2D eigenvalue weighted by Gasteiger charge is -2.06. The quantitative estimate of drug-likeness (QED) is 0.852. The molecule has 0 saturated carbocycles. The molecule has 2 rings (SSSR count). The maximum atomic E-state index is 10.9. The third kappa shape index (κ3) is 3.26. The summed E-state index contributed by atoms with van der Waals surface area (Å²) < 4.78 is 13.6. The fourth-order valence-electron chi connectivity index (χ4n) is 1.50. The molecule has 0 bridgehead atoms. The lowest BCUT2D eigenvalue weighted by molar-refractivity contribution is 0.685. The zero-order valence-corrected chi connectivity index (χ0v) is 11.8. The van der Waals surface area contributed by atoms with Crippen molar-refractivity contribution in [1.29, 1.82) is 0 Å². The van der Waals surface area contributed by atoms with Gasteiger partial charge in [0.2, 0.25) is 0 Å². The van der Waals surface area contributed by atoms with Crippen molar-refractivity contribution in [3.8, 4) is 0 Å². The molecule has 0 aliphatic heterocycles. The van der Waals surface area contributed by atoms with Crippen LogP contribution in [0.1, 0.15) is 6.42 Å². The van der Waals surface area contributed by atoms with Crippen molar-refractivity contribution in [2.45, 2.75) is 6.42 Å². The van der Waals surface area contributed by atoms with Gasteiger partial charge in [0.25, 0.3) is 0 Å². The number of imidazole rings is 1. The first-order valence-electron chi connectivity index (χ1n) is 5.20. The molecule has 7 heteroatoms. The highest BCUT2D eigenvalue weighted by atomic mass is 79.9. The Labute approximate surface area is 110 Å². The van der Waals surface area contributed by atoms with Gasteiger partial charge >= 0.3 is 0 Å². The van der Waals surface area contributed by atoms with Crippen LogP contribution in [-0.2, 0) is 10.8 Å². The Morgan fingerprint density at radius 2 is 2.41 bits per heavy atom. The molecular weight excluding hydrogens is 304 g/mol. The summed E-state index contributed by atoms with van der Waals surface area (Å²) in [6, 6.07) is 0. The Balaban J connectivity index is 2.07. The monoisotopic (exact) mass is 316 g/mol. The SMILES string of the molecule is CS(=O)CCCNc1nc(Br)cn2ccnc12. The maximum absolute atomic E-state index is 10.9. The number of fused-ring (bicyclic) bond motifs is 1. The van der Waals surface area contributed by atoms with Gasteiger partial charge in [-0.25, -0.2) is 9.97 Å². The summed E-state index contributed by atoms with van der Waals surface area (Å²) in [6.45, 7) is 0.742. The molecule has 1 N–H and O–H groups in total. The van der Waals surface area contributed by atoms with Gasteiger partial charge < -0.3 is 9.72 Å². The van der Waals surface area contributed by atoms with Crippen LogP contribution < -0.4 is 5.32 Å².